The molecule has 2 aromatic carbocycles. The van der Waals surface area contributed by atoms with Gasteiger partial charge >= 0.3 is 0 Å². The van der Waals surface area contributed by atoms with Gasteiger partial charge in [0.15, 0.2) is 10.7 Å². The van der Waals surface area contributed by atoms with Gasteiger partial charge in [-0.25, -0.2) is 4.39 Å². The molecule has 0 spiro atoms. The number of carbonyl (C=O) groups is 2. The highest BCUT2D eigenvalue weighted by Gasteiger charge is 2.48. The van der Waals surface area contributed by atoms with Gasteiger partial charge in [-0.3, -0.25) is 9.59 Å². The van der Waals surface area contributed by atoms with Crippen LogP contribution >= 0.6 is 0 Å². The normalized spacial score (nSPS) is 18.9. The van der Waals surface area contributed by atoms with E-state index in [1.165, 1.54) is 6.21 Å². The molecule has 0 saturated heterocycles. The largest absolute Gasteiger partial charge is 0.612 e. The van der Waals surface area contributed by atoms with E-state index < -0.39 is 34.0 Å². The van der Waals surface area contributed by atoms with Crippen LogP contribution in [0.4, 0.5) is 4.39 Å². The second-order valence-corrected chi connectivity index (χ2v) is 11.3. The Morgan fingerprint density at radius 1 is 1.03 bits per heavy atom. The van der Waals surface area contributed by atoms with Crippen molar-refractivity contribution in [1.82, 2.24) is 15.6 Å². The fourth-order valence-electron chi connectivity index (χ4n) is 4.97. The first-order valence-corrected chi connectivity index (χ1v) is 13.7. The Hall–Kier alpha value is -3.17. The van der Waals surface area contributed by atoms with E-state index in [4.69, 9.17) is 5.41 Å². The molecule has 0 radical (unpaired) electrons. The van der Waals surface area contributed by atoms with E-state index in [9.17, 15) is 14.1 Å². The highest BCUT2D eigenvalue weighted by molar-refractivity contribution is 7.90. The maximum Gasteiger partial charge on any atom is 0.271 e. The topological polar surface area (TPSA) is 121 Å². The van der Waals surface area contributed by atoms with Crippen LogP contribution in [0, 0.1) is 11.2 Å². The monoisotopic (exact) mass is 508 g/mol. The van der Waals surface area contributed by atoms with Crippen LogP contribution in [0.2, 0.25) is 0 Å². The summed E-state index contributed by atoms with van der Waals surface area (Å²) in [5, 5.41) is 13.7. The molecular formula is C27H29FN4O3S. The molecule has 5 rings (SSSR count). The van der Waals surface area contributed by atoms with Crippen molar-refractivity contribution >= 4 is 40.1 Å². The number of nitrogens with one attached hydrogen (secondary N) is 4. The summed E-state index contributed by atoms with van der Waals surface area (Å²) < 4.78 is 27.0. The van der Waals surface area contributed by atoms with Gasteiger partial charge in [0, 0.05) is 17.1 Å². The summed E-state index contributed by atoms with van der Waals surface area (Å²) in [6.45, 7) is 0. The predicted octanol–water partition coefficient (Wildman–Crippen LogP) is 4.44. The first kappa shape index (κ1) is 24.5. The Morgan fingerprint density at radius 3 is 2.31 bits per heavy atom. The standard InChI is InChI=1S/C27H29FN4O3S/c1-36(35)19-8-5-17(6-9-19)18-7-10-20-21(15-18)30-23(22(20)28)24(33)31-27(11-3-2-4-12-27)25(34)32-26(16-29)13-14-26/h5-10,15-16,29-30H,2-4,11-14H2,1H3,(H,31,33)(H,32,34). The van der Waals surface area contributed by atoms with E-state index in [1.54, 1.807) is 36.6 Å². The van der Waals surface area contributed by atoms with Gasteiger partial charge in [-0.2, -0.15) is 0 Å². The molecule has 7 nitrogen and oxygen atoms in total. The molecule has 2 saturated carbocycles. The fourth-order valence-corrected chi connectivity index (χ4v) is 5.49. The van der Waals surface area contributed by atoms with Crippen molar-refractivity contribution in [1.29, 1.82) is 5.41 Å². The number of aromatic amines is 1. The molecule has 2 fully saturated rings. The number of H-pyrrole nitrogens is 1. The number of hydrogen-bond acceptors (Lipinski definition) is 4. The van der Waals surface area contributed by atoms with Gasteiger partial charge in [0.05, 0.1) is 5.54 Å². The minimum Gasteiger partial charge on any atom is -0.612 e. The third-order valence-corrected chi connectivity index (χ3v) is 8.34. The average Bonchev–Trinajstić information content (AvgIpc) is 3.59. The molecule has 4 N–H and O–H groups in total. The second kappa shape index (κ2) is 9.37. The molecule has 2 aliphatic rings. The smallest absolute Gasteiger partial charge is 0.271 e. The minimum atomic E-state index is -1.12. The fraction of sp³-hybridized carbons (Fsp3) is 0.370. The lowest BCUT2D eigenvalue weighted by Crippen LogP contribution is -2.62. The van der Waals surface area contributed by atoms with E-state index in [0.717, 1.165) is 35.3 Å². The molecule has 188 valence electrons. The maximum atomic E-state index is 15.3. The molecule has 1 atom stereocenters. The molecule has 2 amide bonds. The number of benzene rings is 2. The SMILES string of the molecule is C[S+]([O-])c1ccc(-c2ccc3c(F)c(C(=O)NC4(C(=O)NC5(C=N)CC5)CCCCC4)[nH]c3c2)cc1. The summed E-state index contributed by atoms with van der Waals surface area (Å²) in [6.07, 6.45) is 7.80. The van der Waals surface area contributed by atoms with Crippen molar-refractivity contribution in [2.75, 3.05) is 6.26 Å². The molecule has 0 bridgehead atoms. The Bertz CT molecular complexity index is 1320. The van der Waals surface area contributed by atoms with Crippen LogP contribution in [-0.4, -0.2) is 44.9 Å². The summed E-state index contributed by atoms with van der Waals surface area (Å²) in [5.74, 6) is -1.61. The predicted molar refractivity (Wildman–Crippen MR) is 138 cm³/mol. The van der Waals surface area contributed by atoms with Gasteiger partial charge in [0.1, 0.15) is 17.5 Å². The van der Waals surface area contributed by atoms with Crippen molar-refractivity contribution in [3.63, 3.8) is 0 Å². The van der Waals surface area contributed by atoms with Gasteiger partial charge in [0.25, 0.3) is 5.91 Å². The number of carbonyl (C=O) groups excluding carboxylic acids is 2. The zero-order valence-electron chi connectivity index (χ0n) is 20.1. The van der Waals surface area contributed by atoms with Crippen LogP contribution in [-0.2, 0) is 16.0 Å². The van der Waals surface area contributed by atoms with E-state index in [-0.39, 0.29) is 17.0 Å². The zero-order chi connectivity index (χ0) is 25.5. The molecule has 1 unspecified atom stereocenters. The molecule has 3 aromatic rings. The third-order valence-electron chi connectivity index (χ3n) is 7.40. The van der Waals surface area contributed by atoms with E-state index in [0.29, 0.717) is 31.2 Å². The van der Waals surface area contributed by atoms with Gasteiger partial charge in [-0.1, -0.05) is 25.3 Å². The number of fused-ring (bicyclic) bond motifs is 1. The van der Waals surface area contributed by atoms with Crippen LogP contribution in [0.25, 0.3) is 22.0 Å². The number of amides is 2. The highest BCUT2D eigenvalue weighted by Crippen LogP contribution is 2.36. The molecule has 0 aliphatic heterocycles. The van der Waals surface area contributed by atoms with Gasteiger partial charge in [-0.05, 0) is 84.4 Å². The Labute approximate surface area is 211 Å². The Morgan fingerprint density at radius 2 is 1.69 bits per heavy atom. The van der Waals surface area contributed by atoms with Gasteiger partial charge in [-0.15, -0.1) is 0 Å². The zero-order valence-corrected chi connectivity index (χ0v) is 20.9. The number of rotatable bonds is 7. The number of aromatic nitrogens is 1. The summed E-state index contributed by atoms with van der Waals surface area (Å²) in [5.41, 5.74) is 0.244. The van der Waals surface area contributed by atoms with Gasteiger partial charge in [0.2, 0.25) is 5.91 Å². The van der Waals surface area contributed by atoms with E-state index >= 15 is 4.39 Å². The van der Waals surface area contributed by atoms with Crippen LogP contribution in [0.15, 0.2) is 47.4 Å². The Kier molecular flexibility index (Phi) is 6.38. The Balaban J connectivity index is 1.41. The first-order chi connectivity index (χ1) is 17.3. The first-order valence-electron chi connectivity index (χ1n) is 12.2. The quantitative estimate of drug-likeness (QED) is 0.279. The van der Waals surface area contributed by atoms with Crippen molar-refractivity contribution in [3.8, 4) is 11.1 Å². The summed E-state index contributed by atoms with van der Waals surface area (Å²) in [7, 11) is 0. The highest BCUT2D eigenvalue weighted by atomic mass is 32.2. The molecule has 9 heteroatoms. The molecular weight excluding hydrogens is 479 g/mol. The molecule has 1 aromatic heterocycles. The third kappa shape index (κ3) is 4.53. The number of halogens is 1. The summed E-state index contributed by atoms with van der Waals surface area (Å²) in [4.78, 5) is 30.2. The second-order valence-electron chi connectivity index (χ2n) is 9.90. The molecule has 1 heterocycles. The lowest BCUT2D eigenvalue weighted by molar-refractivity contribution is -0.129. The summed E-state index contributed by atoms with van der Waals surface area (Å²) >= 11 is -1.07. The lowest BCUT2D eigenvalue weighted by atomic mass is 9.80. The minimum absolute atomic E-state index is 0.204. The van der Waals surface area contributed by atoms with Crippen LogP contribution in [0.5, 0.6) is 0 Å². The van der Waals surface area contributed by atoms with Crippen molar-refractivity contribution < 1.29 is 18.5 Å². The van der Waals surface area contributed by atoms with Crippen molar-refractivity contribution in [3.05, 3.63) is 54.0 Å². The molecule has 36 heavy (non-hydrogen) atoms. The summed E-state index contributed by atoms with van der Waals surface area (Å²) in [6, 6.07) is 12.5. The van der Waals surface area contributed by atoms with Crippen molar-refractivity contribution in [2.24, 2.45) is 0 Å². The van der Waals surface area contributed by atoms with Gasteiger partial charge < -0.3 is 25.6 Å². The van der Waals surface area contributed by atoms with E-state index in [1.807, 2.05) is 12.1 Å². The van der Waals surface area contributed by atoms with E-state index in [2.05, 4.69) is 15.6 Å². The van der Waals surface area contributed by atoms with Crippen LogP contribution in [0.1, 0.15) is 55.4 Å². The number of hydrogen-bond donors (Lipinski definition) is 4. The van der Waals surface area contributed by atoms with Crippen LogP contribution < -0.4 is 10.6 Å². The molecule has 2 aliphatic carbocycles. The van der Waals surface area contributed by atoms with Crippen LogP contribution in [0.3, 0.4) is 0 Å². The maximum absolute atomic E-state index is 15.3. The lowest BCUT2D eigenvalue weighted by Gasteiger charge is -2.37. The average molecular weight is 509 g/mol. The van der Waals surface area contributed by atoms with Crippen molar-refractivity contribution in [2.45, 2.75) is 60.9 Å².